The summed E-state index contributed by atoms with van der Waals surface area (Å²) in [5, 5.41) is 19.9. The van der Waals surface area contributed by atoms with Crippen LogP contribution in [0.25, 0.3) is 0 Å². The molecule has 0 bridgehead atoms. The van der Waals surface area contributed by atoms with Gasteiger partial charge in [-0.15, -0.1) is 5.10 Å². The van der Waals surface area contributed by atoms with Gasteiger partial charge in [0.25, 0.3) is 0 Å². The van der Waals surface area contributed by atoms with Crippen LogP contribution in [0.4, 0.5) is 0 Å². The van der Waals surface area contributed by atoms with E-state index >= 15 is 0 Å². The van der Waals surface area contributed by atoms with Gasteiger partial charge in [0.15, 0.2) is 5.78 Å². The van der Waals surface area contributed by atoms with Crippen molar-refractivity contribution in [2.24, 2.45) is 5.92 Å². The predicted octanol–water partition coefficient (Wildman–Crippen LogP) is 0.451. The molecule has 0 spiro atoms. The quantitative estimate of drug-likeness (QED) is 0.757. The average Bonchev–Trinajstić information content (AvgIpc) is 2.82. The summed E-state index contributed by atoms with van der Waals surface area (Å²) >= 11 is 0. The Morgan fingerprint density at radius 1 is 1.45 bits per heavy atom. The number of nitrogens with zero attached hydrogens (tertiary/aromatic N) is 3. The molecule has 0 saturated heterocycles. The molecular weight excluding hydrogens is 260 g/mol. The summed E-state index contributed by atoms with van der Waals surface area (Å²) < 4.78 is 1.35. The van der Waals surface area contributed by atoms with Gasteiger partial charge in [0.2, 0.25) is 5.91 Å². The van der Waals surface area contributed by atoms with Crippen LogP contribution in [-0.4, -0.2) is 37.8 Å². The number of ketones is 1. The number of nitrogens with one attached hydrogen (secondary N) is 1. The zero-order chi connectivity index (χ0) is 15.3. The Balaban J connectivity index is 2.62. The zero-order valence-corrected chi connectivity index (χ0v) is 12.3. The van der Waals surface area contributed by atoms with E-state index < -0.39 is 12.1 Å². The Morgan fingerprint density at radius 2 is 2.10 bits per heavy atom. The van der Waals surface area contributed by atoms with Crippen molar-refractivity contribution in [2.45, 2.75) is 52.8 Å². The molecule has 1 heterocycles. The Labute approximate surface area is 118 Å². The van der Waals surface area contributed by atoms with Crippen LogP contribution < -0.4 is 5.32 Å². The van der Waals surface area contributed by atoms with Crippen molar-refractivity contribution in [3.05, 3.63) is 11.9 Å². The Hall–Kier alpha value is -1.76. The molecule has 2 N–H and O–H groups in total. The maximum Gasteiger partial charge on any atom is 0.242 e. The Morgan fingerprint density at radius 3 is 2.60 bits per heavy atom. The van der Waals surface area contributed by atoms with Crippen molar-refractivity contribution >= 4 is 11.7 Å². The highest BCUT2D eigenvalue weighted by Crippen LogP contribution is 2.11. The second-order valence-corrected chi connectivity index (χ2v) is 5.16. The third-order valence-corrected chi connectivity index (χ3v) is 3.01. The van der Waals surface area contributed by atoms with Crippen LogP contribution in [-0.2, 0) is 16.1 Å². The molecule has 0 aliphatic rings. The van der Waals surface area contributed by atoms with Crippen molar-refractivity contribution < 1.29 is 14.7 Å². The number of rotatable bonds is 7. The Bertz CT molecular complexity index is 470. The molecular formula is C13H22N4O3. The predicted molar refractivity (Wildman–Crippen MR) is 72.7 cm³/mol. The van der Waals surface area contributed by atoms with Gasteiger partial charge in [0.1, 0.15) is 12.2 Å². The van der Waals surface area contributed by atoms with Gasteiger partial charge >= 0.3 is 0 Å². The summed E-state index contributed by atoms with van der Waals surface area (Å²) in [6.45, 7) is 7.00. The molecule has 0 saturated carbocycles. The molecule has 1 rings (SSSR count). The first kappa shape index (κ1) is 16.3. The van der Waals surface area contributed by atoms with E-state index in [2.05, 4.69) is 15.6 Å². The minimum atomic E-state index is -0.674. The fourth-order valence-corrected chi connectivity index (χ4v) is 1.86. The molecule has 20 heavy (non-hydrogen) atoms. The number of aliphatic hydroxyl groups is 1. The van der Waals surface area contributed by atoms with Crippen molar-refractivity contribution in [3.8, 4) is 0 Å². The second-order valence-electron chi connectivity index (χ2n) is 5.16. The van der Waals surface area contributed by atoms with Gasteiger partial charge in [-0.05, 0) is 19.3 Å². The van der Waals surface area contributed by atoms with Crippen LogP contribution in [0.2, 0.25) is 0 Å². The highest BCUT2D eigenvalue weighted by Gasteiger charge is 2.21. The molecule has 0 fully saturated rings. The lowest BCUT2D eigenvalue weighted by molar-refractivity contribution is -0.128. The topological polar surface area (TPSA) is 97.1 Å². The molecule has 0 aliphatic carbocycles. The third-order valence-electron chi connectivity index (χ3n) is 3.01. The van der Waals surface area contributed by atoms with Gasteiger partial charge < -0.3 is 10.4 Å². The molecule has 2 atom stereocenters. The highest BCUT2D eigenvalue weighted by molar-refractivity contribution is 5.87. The number of hydrogen-bond donors (Lipinski definition) is 2. The number of Topliss-reactive ketones (excluding diaryl/α,β-unsaturated/α-hetero) is 1. The lowest BCUT2D eigenvalue weighted by Crippen LogP contribution is -2.44. The normalized spacial score (nSPS) is 14.1. The summed E-state index contributed by atoms with van der Waals surface area (Å²) in [5.74, 6) is -0.347. The van der Waals surface area contributed by atoms with E-state index in [1.165, 1.54) is 17.8 Å². The number of aliphatic hydroxyl groups excluding tert-OH is 1. The summed E-state index contributed by atoms with van der Waals surface area (Å²) in [5.41, 5.74) is 0.437. The molecule has 1 aromatic heterocycles. The number of aromatic nitrogens is 3. The van der Waals surface area contributed by atoms with E-state index in [0.717, 1.165) is 0 Å². The van der Waals surface area contributed by atoms with Crippen molar-refractivity contribution in [2.75, 3.05) is 0 Å². The zero-order valence-electron chi connectivity index (χ0n) is 12.3. The van der Waals surface area contributed by atoms with E-state index in [9.17, 15) is 14.7 Å². The monoisotopic (exact) mass is 282 g/mol. The van der Waals surface area contributed by atoms with Crippen LogP contribution in [0, 0.1) is 5.92 Å². The van der Waals surface area contributed by atoms with Gasteiger partial charge in [-0.25, -0.2) is 4.68 Å². The lowest BCUT2D eigenvalue weighted by Gasteiger charge is -2.19. The van der Waals surface area contributed by atoms with Gasteiger partial charge in [-0.2, -0.15) is 0 Å². The van der Waals surface area contributed by atoms with Crippen LogP contribution in [0.1, 0.15) is 45.9 Å². The van der Waals surface area contributed by atoms with Crippen LogP contribution in [0.15, 0.2) is 6.20 Å². The Kier molecular flexibility index (Phi) is 5.82. The summed E-state index contributed by atoms with van der Waals surface area (Å²) in [7, 11) is 0. The molecule has 1 amide bonds. The fraction of sp³-hybridized carbons (Fsp3) is 0.692. The fourth-order valence-electron chi connectivity index (χ4n) is 1.86. The third kappa shape index (κ3) is 4.41. The van der Waals surface area contributed by atoms with E-state index in [1.54, 1.807) is 0 Å². The average molecular weight is 282 g/mol. The van der Waals surface area contributed by atoms with Gasteiger partial charge in [0.05, 0.1) is 18.3 Å². The number of carbonyl (C=O) groups excluding carboxylic acids is 2. The largest absolute Gasteiger partial charge is 0.387 e. The van der Waals surface area contributed by atoms with Gasteiger partial charge in [-0.1, -0.05) is 26.0 Å². The highest BCUT2D eigenvalue weighted by atomic mass is 16.3. The molecule has 7 nitrogen and oxygen atoms in total. The van der Waals surface area contributed by atoms with E-state index in [-0.39, 0.29) is 24.2 Å². The number of hydrogen-bond acceptors (Lipinski definition) is 5. The van der Waals surface area contributed by atoms with Crippen LogP contribution in [0.5, 0.6) is 0 Å². The molecule has 1 aromatic rings. The van der Waals surface area contributed by atoms with Crippen LogP contribution >= 0.6 is 0 Å². The van der Waals surface area contributed by atoms with Crippen molar-refractivity contribution in [3.63, 3.8) is 0 Å². The molecule has 112 valence electrons. The smallest absolute Gasteiger partial charge is 0.242 e. The first-order valence-corrected chi connectivity index (χ1v) is 6.73. The van der Waals surface area contributed by atoms with Gasteiger partial charge in [-0.3, -0.25) is 9.59 Å². The number of amides is 1. The van der Waals surface area contributed by atoms with Crippen molar-refractivity contribution in [1.29, 1.82) is 0 Å². The maximum absolute atomic E-state index is 11.9. The van der Waals surface area contributed by atoms with E-state index in [4.69, 9.17) is 0 Å². The molecule has 2 unspecified atom stereocenters. The first-order chi connectivity index (χ1) is 9.35. The number of carbonyl (C=O) groups is 2. The molecule has 0 radical (unpaired) electrons. The SMILES string of the molecule is CCC(O)c1cn(CC(=O)NC(C(C)=O)C(C)C)nn1. The van der Waals surface area contributed by atoms with E-state index in [1.807, 2.05) is 20.8 Å². The minimum absolute atomic E-state index is 0.0278. The molecule has 7 heteroatoms. The van der Waals surface area contributed by atoms with Crippen molar-refractivity contribution in [1.82, 2.24) is 20.3 Å². The molecule has 0 aromatic carbocycles. The standard InChI is InChI=1S/C13H22N4O3/c1-5-11(19)10-6-17(16-15-10)7-12(20)14-13(8(2)3)9(4)18/h6,8,11,13,19H,5,7H2,1-4H3,(H,14,20). The summed E-state index contributed by atoms with van der Waals surface area (Å²) in [4.78, 5) is 23.3. The summed E-state index contributed by atoms with van der Waals surface area (Å²) in [6.07, 6.45) is 1.39. The maximum atomic E-state index is 11.9. The molecule has 0 aliphatic heterocycles. The van der Waals surface area contributed by atoms with Crippen LogP contribution in [0.3, 0.4) is 0 Å². The van der Waals surface area contributed by atoms with E-state index in [0.29, 0.717) is 12.1 Å². The minimum Gasteiger partial charge on any atom is -0.387 e. The lowest BCUT2D eigenvalue weighted by atomic mass is 10.0. The van der Waals surface area contributed by atoms with Gasteiger partial charge in [0, 0.05) is 0 Å². The first-order valence-electron chi connectivity index (χ1n) is 6.73. The second kappa shape index (κ2) is 7.14. The summed E-state index contributed by atoms with van der Waals surface area (Å²) in [6, 6.07) is -0.494.